The van der Waals surface area contributed by atoms with Crippen molar-refractivity contribution in [3.63, 3.8) is 0 Å². The lowest BCUT2D eigenvalue weighted by atomic mass is 9.82. The Hall–Kier alpha value is -0.160. The summed E-state index contributed by atoms with van der Waals surface area (Å²) in [6.07, 6.45) is 8.52. The number of likely N-dealkylation sites (tertiary alicyclic amines) is 2. The Balaban J connectivity index is 0.000000229. The van der Waals surface area contributed by atoms with Gasteiger partial charge in [0, 0.05) is 26.2 Å². The molecule has 4 fully saturated rings. The van der Waals surface area contributed by atoms with Gasteiger partial charge in [0.05, 0.1) is 0 Å². The third-order valence-electron chi connectivity index (χ3n) is 6.73. The van der Waals surface area contributed by atoms with Crippen LogP contribution in [0.15, 0.2) is 0 Å². The van der Waals surface area contributed by atoms with Crippen LogP contribution in [0.3, 0.4) is 0 Å². The molecule has 0 bridgehead atoms. The summed E-state index contributed by atoms with van der Waals surface area (Å²) in [7, 11) is 2.27. The number of hydrogen-bond acceptors (Lipinski definition) is 4. The van der Waals surface area contributed by atoms with Gasteiger partial charge < -0.3 is 20.4 Å². The topological polar surface area (TPSA) is 30.5 Å². The maximum Gasteiger partial charge on any atom is 0.00510 e. The normalized spacial score (nSPS) is 33.6. The lowest BCUT2D eigenvalue weighted by molar-refractivity contribution is 0.207. The summed E-state index contributed by atoms with van der Waals surface area (Å²) in [6.45, 7) is 21.8. The first kappa shape index (κ1) is 24.9. The fourth-order valence-corrected chi connectivity index (χ4v) is 5.20. The Labute approximate surface area is 170 Å². The monoisotopic (exact) mass is 382 g/mol. The lowest BCUT2D eigenvalue weighted by Gasteiger charge is -2.29. The largest absolute Gasteiger partial charge is 0.316 e. The molecule has 4 aliphatic heterocycles. The van der Waals surface area contributed by atoms with Crippen molar-refractivity contribution in [1.82, 2.24) is 20.4 Å². The standard InChI is InChI=1S/C10H20N2.C9H18N2.2C2H6/c1-12-7-3-2-4-10(9-12)5-6-11-8-10;1-2-11-6-4-9(8-11)3-5-10-7-9;2*1-2/h11H,2-9H2,1H3;10H,2-8H2,1H3;2*1-2H3. The molecule has 27 heavy (non-hydrogen) atoms. The second-order valence-corrected chi connectivity index (χ2v) is 8.67. The Morgan fingerprint density at radius 3 is 1.81 bits per heavy atom. The first-order chi connectivity index (χ1) is 13.2. The highest BCUT2D eigenvalue weighted by Crippen LogP contribution is 2.35. The van der Waals surface area contributed by atoms with Crippen molar-refractivity contribution in [2.24, 2.45) is 10.8 Å². The zero-order chi connectivity index (χ0) is 20.2. The third kappa shape index (κ3) is 7.64. The van der Waals surface area contributed by atoms with Gasteiger partial charge in [-0.3, -0.25) is 0 Å². The van der Waals surface area contributed by atoms with E-state index in [9.17, 15) is 0 Å². The molecule has 2 atom stereocenters. The molecule has 4 nitrogen and oxygen atoms in total. The van der Waals surface area contributed by atoms with Crippen molar-refractivity contribution in [2.75, 3.05) is 66.0 Å². The predicted molar refractivity (Wildman–Crippen MR) is 121 cm³/mol. The predicted octanol–water partition coefficient (Wildman–Crippen LogP) is 3.83. The van der Waals surface area contributed by atoms with E-state index in [0.717, 1.165) is 0 Å². The quantitative estimate of drug-likeness (QED) is 0.722. The molecule has 4 saturated heterocycles. The second kappa shape index (κ2) is 13.1. The fraction of sp³-hybridized carbons (Fsp3) is 1.00. The minimum absolute atomic E-state index is 0.644. The van der Waals surface area contributed by atoms with Crippen molar-refractivity contribution < 1.29 is 0 Å². The summed E-state index contributed by atoms with van der Waals surface area (Å²) >= 11 is 0. The van der Waals surface area contributed by atoms with E-state index in [-0.39, 0.29) is 0 Å². The smallest absolute Gasteiger partial charge is 0.00510 e. The zero-order valence-electron chi connectivity index (χ0n) is 19.5. The van der Waals surface area contributed by atoms with Crippen LogP contribution in [-0.2, 0) is 0 Å². The van der Waals surface area contributed by atoms with Gasteiger partial charge >= 0.3 is 0 Å². The van der Waals surface area contributed by atoms with Crippen molar-refractivity contribution in [2.45, 2.75) is 73.1 Å². The number of hydrogen-bond donors (Lipinski definition) is 2. The van der Waals surface area contributed by atoms with E-state index in [4.69, 9.17) is 0 Å². The third-order valence-corrected chi connectivity index (χ3v) is 6.73. The van der Waals surface area contributed by atoms with E-state index in [1.165, 1.54) is 97.4 Å². The van der Waals surface area contributed by atoms with Gasteiger partial charge in [-0.25, -0.2) is 0 Å². The molecule has 162 valence electrons. The molecule has 0 aliphatic carbocycles. The Morgan fingerprint density at radius 1 is 0.741 bits per heavy atom. The molecule has 0 radical (unpaired) electrons. The molecular weight excluding hydrogens is 332 g/mol. The summed E-state index contributed by atoms with van der Waals surface area (Å²) < 4.78 is 0. The lowest BCUT2D eigenvalue weighted by Crippen LogP contribution is -2.35. The molecule has 2 N–H and O–H groups in total. The van der Waals surface area contributed by atoms with Gasteiger partial charge in [-0.05, 0) is 82.7 Å². The van der Waals surface area contributed by atoms with Gasteiger partial charge in [0.25, 0.3) is 0 Å². The summed E-state index contributed by atoms with van der Waals surface area (Å²) in [4.78, 5) is 5.09. The molecule has 0 aromatic heterocycles. The number of nitrogens with zero attached hydrogens (tertiary/aromatic N) is 2. The van der Waals surface area contributed by atoms with Gasteiger partial charge in [-0.15, -0.1) is 0 Å². The van der Waals surface area contributed by atoms with Crippen molar-refractivity contribution in [3.05, 3.63) is 0 Å². The summed E-state index contributed by atoms with van der Waals surface area (Å²) in [5.41, 5.74) is 1.32. The van der Waals surface area contributed by atoms with E-state index < -0.39 is 0 Å². The minimum Gasteiger partial charge on any atom is -0.316 e. The van der Waals surface area contributed by atoms with E-state index >= 15 is 0 Å². The van der Waals surface area contributed by atoms with Crippen molar-refractivity contribution in [1.29, 1.82) is 0 Å². The number of rotatable bonds is 1. The Bertz CT molecular complexity index is 359. The molecule has 4 rings (SSSR count). The van der Waals surface area contributed by atoms with Crippen LogP contribution in [0.4, 0.5) is 0 Å². The molecular formula is C23H50N4. The average molecular weight is 383 g/mol. The van der Waals surface area contributed by atoms with Crippen LogP contribution in [0.2, 0.25) is 0 Å². The summed E-state index contributed by atoms with van der Waals surface area (Å²) in [6, 6.07) is 0. The molecule has 0 amide bonds. The van der Waals surface area contributed by atoms with Crippen LogP contribution in [-0.4, -0.2) is 75.8 Å². The van der Waals surface area contributed by atoms with Gasteiger partial charge in [0.1, 0.15) is 0 Å². The van der Waals surface area contributed by atoms with Crippen molar-refractivity contribution >= 4 is 0 Å². The first-order valence-corrected chi connectivity index (χ1v) is 12.0. The highest BCUT2D eigenvalue weighted by Gasteiger charge is 2.39. The molecule has 4 aliphatic rings. The highest BCUT2D eigenvalue weighted by atomic mass is 15.2. The van der Waals surface area contributed by atoms with E-state index in [1.807, 2.05) is 27.7 Å². The highest BCUT2D eigenvalue weighted by molar-refractivity contribution is 4.95. The van der Waals surface area contributed by atoms with Crippen molar-refractivity contribution in [3.8, 4) is 0 Å². The maximum atomic E-state index is 3.50. The Morgan fingerprint density at radius 2 is 1.33 bits per heavy atom. The van der Waals surface area contributed by atoms with Gasteiger partial charge in [0.15, 0.2) is 0 Å². The molecule has 2 unspecified atom stereocenters. The summed E-state index contributed by atoms with van der Waals surface area (Å²) in [5, 5.41) is 6.98. The van der Waals surface area contributed by atoms with Crippen LogP contribution < -0.4 is 10.6 Å². The molecule has 4 heteroatoms. The van der Waals surface area contributed by atoms with E-state index in [2.05, 4.69) is 34.4 Å². The van der Waals surface area contributed by atoms with Crippen LogP contribution in [0, 0.1) is 10.8 Å². The fourth-order valence-electron chi connectivity index (χ4n) is 5.20. The van der Waals surface area contributed by atoms with E-state index in [0.29, 0.717) is 10.8 Å². The minimum atomic E-state index is 0.644. The average Bonchev–Trinajstić information content (AvgIpc) is 3.43. The molecule has 0 aromatic rings. The van der Waals surface area contributed by atoms with Crippen LogP contribution in [0.1, 0.15) is 73.1 Å². The SMILES string of the molecule is CC.CC.CCN1CCC2(CCNC2)C1.CN1CCCCC2(CCNC2)C1. The van der Waals surface area contributed by atoms with E-state index in [1.54, 1.807) is 0 Å². The van der Waals surface area contributed by atoms with Gasteiger partial charge in [-0.2, -0.15) is 0 Å². The van der Waals surface area contributed by atoms with Crippen LogP contribution >= 0.6 is 0 Å². The van der Waals surface area contributed by atoms with Crippen LogP contribution in [0.5, 0.6) is 0 Å². The second-order valence-electron chi connectivity index (χ2n) is 8.67. The first-order valence-electron chi connectivity index (χ1n) is 12.0. The zero-order valence-corrected chi connectivity index (χ0v) is 19.5. The Kier molecular flexibility index (Phi) is 12.1. The number of nitrogens with one attached hydrogen (secondary N) is 2. The maximum absolute atomic E-state index is 3.50. The molecule has 4 heterocycles. The molecule has 0 saturated carbocycles. The van der Waals surface area contributed by atoms with Gasteiger partial charge in [-0.1, -0.05) is 41.0 Å². The van der Waals surface area contributed by atoms with Crippen LogP contribution in [0.25, 0.3) is 0 Å². The van der Waals surface area contributed by atoms with Gasteiger partial charge in [0.2, 0.25) is 0 Å². The summed E-state index contributed by atoms with van der Waals surface area (Å²) in [5.74, 6) is 0. The molecule has 2 spiro atoms. The molecule has 0 aromatic carbocycles.